The fourth-order valence-electron chi connectivity index (χ4n) is 7.22. The van der Waals surface area contributed by atoms with E-state index in [-0.39, 0.29) is 25.7 Å². The van der Waals surface area contributed by atoms with Crippen molar-refractivity contribution < 1.29 is 47.6 Å². The molecule has 278 valence electrons. The lowest BCUT2D eigenvalue weighted by molar-refractivity contribution is -0.388. The van der Waals surface area contributed by atoms with E-state index in [2.05, 4.69) is 23.8 Å². The fraction of sp³-hybridized carbons (Fsp3) is 0.622. The molecule has 0 radical (unpaired) electrons. The summed E-state index contributed by atoms with van der Waals surface area (Å²) in [4.78, 5) is 58.0. The standard InChI is InChI=1S/C37H50N4O10/c1-7-9-10-11-12-13-27(38-34(44)51-36(4,5)6)32(43)41-20-26(16-28(41)31(42)39-37(17-25(37)8-2)33-48-22(3)49-33)50-35(45)40-18-23-14-29-30(47-21-46-29)15-24(23)19-40/h7-8,14-15,22,25-28,33H,1-2,9-13,16-21H2,3-6H3,(H,38,44)(H,39,42)/t22?,25-,26-,27+,28+,33?,37-/m1/s1. The first-order chi connectivity index (χ1) is 24.3. The monoisotopic (exact) mass is 710 g/mol. The summed E-state index contributed by atoms with van der Waals surface area (Å²) >= 11 is 0. The Morgan fingerprint density at radius 1 is 1.06 bits per heavy atom. The molecule has 1 aromatic rings. The highest BCUT2D eigenvalue weighted by Crippen LogP contribution is 2.51. The molecule has 1 saturated carbocycles. The molecule has 14 heteroatoms. The number of alkyl carbamates (subject to hydrolysis) is 1. The first-order valence-electron chi connectivity index (χ1n) is 17.8. The maximum atomic E-state index is 14.4. The Hall–Kier alpha value is -4.30. The molecule has 1 aromatic carbocycles. The highest BCUT2D eigenvalue weighted by Gasteiger charge is 2.64. The summed E-state index contributed by atoms with van der Waals surface area (Å²) < 4.78 is 34.1. The van der Waals surface area contributed by atoms with Crippen LogP contribution in [0.5, 0.6) is 11.5 Å². The number of rotatable bonds is 13. The van der Waals surface area contributed by atoms with Crippen molar-refractivity contribution in [2.75, 3.05) is 13.3 Å². The Kier molecular flexibility index (Phi) is 10.5. The van der Waals surface area contributed by atoms with Gasteiger partial charge in [0.15, 0.2) is 24.1 Å². The third-order valence-corrected chi connectivity index (χ3v) is 9.93. The summed E-state index contributed by atoms with van der Waals surface area (Å²) in [5, 5.41) is 5.86. The number of allylic oxidation sites excluding steroid dienone is 1. The lowest BCUT2D eigenvalue weighted by Gasteiger charge is -2.41. The average Bonchev–Trinajstić information content (AvgIpc) is 3.41. The highest BCUT2D eigenvalue weighted by molar-refractivity contribution is 5.92. The molecule has 0 spiro atoms. The zero-order valence-corrected chi connectivity index (χ0v) is 29.9. The van der Waals surface area contributed by atoms with E-state index < -0.39 is 65.9 Å². The molecule has 51 heavy (non-hydrogen) atoms. The van der Waals surface area contributed by atoms with Gasteiger partial charge >= 0.3 is 12.2 Å². The minimum atomic E-state index is -0.993. The van der Waals surface area contributed by atoms with Crippen LogP contribution < -0.4 is 20.1 Å². The van der Waals surface area contributed by atoms with Crippen molar-refractivity contribution in [3.8, 4) is 11.5 Å². The van der Waals surface area contributed by atoms with Crippen molar-refractivity contribution in [2.24, 2.45) is 5.92 Å². The second-order valence-electron chi connectivity index (χ2n) is 15.0. The predicted molar refractivity (Wildman–Crippen MR) is 183 cm³/mol. The van der Waals surface area contributed by atoms with E-state index in [9.17, 15) is 19.2 Å². The van der Waals surface area contributed by atoms with Gasteiger partial charge < -0.3 is 44.0 Å². The molecular formula is C37H50N4O10. The van der Waals surface area contributed by atoms with Gasteiger partial charge in [0, 0.05) is 25.4 Å². The molecule has 5 aliphatic rings. The highest BCUT2D eigenvalue weighted by atomic mass is 16.9. The van der Waals surface area contributed by atoms with Crippen LogP contribution in [0.4, 0.5) is 9.59 Å². The Morgan fingerprint density at radius 3 is 2.33 bits per heavy atom. The number of hydrogen-bond donors (Lipinski definition) is 2. The number of carbonyl (C=O) groups is 4. The van der Waals surface area contributed by atoms with Crippen LogP contribution in [0.1, 0.15) is 83.8 Å². The van der Waals surface area contributed by atoms with Gasteiger partial charge in [-0.25, -0.2) is 9.59 Å². The molecule has 0 bridgehead atoms. The number of fused-ring (bicyclic) bond motifs is 2. The van der Waals surface area contributed by atoms with Crippen LogP contribution in [0.2, 0.25) is 0 Å². The molecule has 4 amide bonds. The second kappa shape index (κ2) is 14.7. The number of unbranched alkanes of at least 4 members (excludes halogenated alkanes) is 3. The summed E-state index contributed by atoms with van der Waals surface area (Å²) in [6.45, 7) is 15.4. The number of amides is 4. The van der Waals surface area contributed by atoms with Gasteiger partial charge in [-0.15, -0.1) is 13.2 Å². The minimum Gasteiger partial charge on any atom is -0.454 e. The van der Waals surface area contributed by atoms with Crippen molar-refractivity contribution in [1.82, 2.24) is 20.4 Å². The molecule has 4 aliphatic heterocycles. The van der Waals surface area contributed by atoms with Gasteiger partial charge in [-0.2, -0.15) is 0 Å². The molecule has 5 atom stereocenters. The number of likely N-dealkylation sites (tertiary alicyclic amines) is 1. The predicted octanol–water partition coefficient (Wildman–Crippen LogP) is 4.65. The number of nitrogens with zero attached hydrogens (tertiary/aromatic N) is 2. The Morgan fingerprint density at radius 2 is 1.75 bits per heavy atom. The fourth-order valence-corrected chi connectivity index (χ4v) is 7.22. The Bertz CT molecular complexity index is 1500. The first kappa shape index (κ1) is 36.5. The van der Waals surface area contributed by atoms with Gasteiger partial charge in [0.1, 0.15) is 23.8 Å². The number of hydrogen-bond acceptors (Lipinski definition) is 10. The van der Waals surface area contributed by atoms with E-state index in [1.165, 1.54) is 4.90 Å². The van der Waals surface area contributed by atoms with Gasteiger partial charge in [-0.1, -0.05) is 25.0 Å². The molecule has 2 saturated heterocycles. The van der Waals surface area contributed by atoms with Crippen molar-refractivity contribution in [3.05, 3.63) is 48.6 Å². The summed E-state index contributed by atoms with van der Waals surface area (Å²) in [5.41, 5.74) is 0.267. The lowest BCUT2D eigenvalue weighted by Crippen LogP contribution is -2.60. The topological polar surface area (TPSA) is 154 Å². The first-order valence-corrected chi connectivity index (χ1v) is 17.8. The van der Waals surface area contributed by atoms with Crippen LogP contribution >= 0.6 is 0 Å². The molecule has 14 nitrogen and oxygen atoms in total. The largest absolute Gasteiger partial charge is 0.454 e. The molecule has 2 N–H and O–H groups in total. The number of benzene rings is 1. The van der Waals surface area contributed by atoms with Gasteiger partial charge in [0.05, 0.1) is 12.1 Å². The van der Waals surface area contributed by atoms with E-state index in [1.807, 2.05) is 18.2 Å². The van der Waals surface area contributed by atoms with Crippen LogP contribution in [-0.2, 0) is 41.6 Å². The van der Waals surface area contributed by atoms with Crippen LogP contribution in [0.25, 0.3) is 0 Å². The molecule has 4 heterocycles. The van der Waals surface area contributed by atoms with E-state index in [0.717, 1.165) is 30.4 Å². The van der Waals surface area contributed by atoms with Crippen LogP contribution in [-0.4, -0.2) is 89.0 Å². The van der Waals surface area contributed by atoms with Crippen molar-refractivity contribution >= 4 is 24.0 Å². The van der Waals surface area contributed by atoms with Crippen LogP contribution in [0.3, 0.4) is 0 Å². The molecule has 3 fully saturated rings. The van der Waals surface area contributed by atoms with E-state index in [4.69, 9.17) is 28.4 Å². The minimum absolute atomic E-state index is 0.0340. The van der Waals surface area contributed by atoms with E-state index in [0.29, 0.717) is 43.9 Å². The van der Waals surface area contributed by atoms with Crippen molar-refractivity contribution in [2.45, 2.75) is 128 Å². The Balaban J connectivity index is 1.18. The smallest absolute Gasteiger partial charge is 0.410 e. The van der Waals surface area contributed by atoms with Gasteiger partial charge in [0.25, 0.3) is 0 Å². The molecule has 0 aromatic heterocycles. The van der Waals surface area contributed by atoms with E-state index >= 15 is 0 Å². The SMILES string of the molecule is C=CCCCCC[C@H](NC(=O)OC(C)(C)C)C(=O)N1C[C@H](OC(=O)N2Cc3cc4c(cc3C2)OCO4)C[C@H]1C(=O)N[C@]1(C2OC(C)O2)C[C@H]1C=C. The van der Waals surface area contributed by atoms with Crippen molar-refractivity contribution in [1.29, 1.82) is 0 Å². The normalized spacial score (nSPS) is 27.9. The number of ether oxygens (including phenoxy) is 6. The van der Waals surface area contributed by atoms with Gasteiger partial charge in [0.2, 0.25) is 18.6 Å². The zero-order valence-electron chi connectivity index (χ0n) is 29.9. The summed E-state index contributed by atoms with van der Waals surface area (Å²) in [5.74, 6) is 0.309. The molecule has 1 aliphatic carbocycles. The lowest BCUT2D eigenvalue weighted by atomic mass is 10.0. The maximum absolute atomic E-state index is 14.4. The molecular weight excluding hydrogens is 660 g/mol. The third kappa shape index (κ3) is 8.12. The molecule has 6 rings (SSSR count). The summed E-state index contributed by atoms with van der Waals surface area (Å²) in [6, 6.07) is 1.78. The van der Waals surface area contributed by atoms with Gasteiger partial charge in [-0.05, 0) is 76.6 Å². The zero-order chi connectivity index (χ0) is 36.5. The Labute approximate surface area is 298 Å². The maximum Gasteiger partial charge on any atom is 0.410 e. The number of carbonyl (C=O) groups excluding carboxylic acids is 4. The van der Waals surface area contributed by atoms with Crippen LogP contribution in [0, 0.1) is 5.92 Å². The third-order valence-electron chi connectivity index (χ3n) is 9.93. The summed E-state index contributed by atoms with van der Waals surface area (Å²) in [6.07, 6.45) is 4.65. The molecule has 0 unspecified atom stereocenters. The van der Waals surface area contributed by atoms with Gasteiger partial charge in [-0.3, -0.25) is 14.5 Å². The summed E-state index contributed by atoms with van der Waals surface area (Å²) in [7, 11) is 0. The van der Waals surface area contributed by atoms with Crippen molar-refractivity contribution in [3.63, 3.8) is 0 Å². The average molecular weight is 711 g/mol. The quantitative estimate of drug-likeness (QED) is 0.219. The van der Waals surface area contributed by atoms with Crippen LogP contribution in [0.15, 0.2) is 37.4 Å². The second-order valence-corrected chi connectivity index (χ2v) is 15.0. The number of nitrogens with one attached hydrogen (secondary N) is 2. The van der Waals surface area contributed by atoms with E-state index in [1.54, 1.807) is 38.7 Å².